The molecule has 0 aliphatic heterocycles. The molecular formula is C16H19N3OS. The van der Waals surface area contributed by atoms with Crippen LogP contribution in [0.25, 0.3) is 0 Å². The molecule has 1 aromatic carbocycles. The minimum atomic E-state index is 0.383. The lowest BCUT2D eigenvalue weighted by Crippen LogP contribution is -2.12. The van der Waals surface area contributed by atoms with E-state index in [4.69, 9.17) is 22.7 Å². The van der Waals surface area contributed by atoms with Gasteiger partial charge in [0.2, 0.25) is 0 Å². The molecule has 0 spiro atoms. The normalized spacial score (nSPS) is 10.2. The molecule has 0 saturated heterocycles. The lowest BCUT2D eigenvalue weighted by atomic mass is 10.1. The van der Waals surface area contributed by atoms with Gasteiger partial charge in [-0.15, -0.1) is 0 Å². The summed E-state index contributed by atoms with van der Waals surface area (Å²) in [6.45, 7) is 2.68. The maximum absolute atomic E-state index is 5.67. The number of aromatic nitrogens is 1. The Morgan fingerprint density at radius 3 is 2.81 bits per heavy atom. The van der Waals surface area contributed by atoms with Crippen molar-refractivity contribution in [2.24, 2.45) is 5.73 Å². The van der Waals surface area contributed by atoms with Crippen LogP contribution in [0.5, 0.6) is 5.75 Å². The Morgan fingerprint density at radius 1 is 1.33 bits per heavy atom. The van der Waals surface area contributed by atoms with Crippen molar-refractivity contribution in [3.05, 3.63) is 53.2 Å². The highest BCUT2D eigenvalue weighted by Crippen LogP contribution is 2.18. The summed E-state index contributed by atoms with van der Waals surface area (Å²) < 4.78 is 5.34. The van der Waals surface area contributed by atoms with Gasteiger partial charge in [-0.1, -0.05) is 30.4 Å². The summed E-state index contributed by atoms with van der Waals surface area (Å²) in [7, 11) is 1.68. The van der Waals surface area contributed by atoms with Crippen molar-refractivity contribution < 1.29 is 4.74 Å². The molecular weight excluding hydrogens is 282 g/mol. The predicted octanol–water partition coefficient (Wildman–Crippen LogP) is 2.69. The lowest BCUT2D eigenvalue weighted by molar-refractivity contribution is 0.410. The molecule has 5 heteroatoms. The summed E-state index contributed by atoms with van der Waals surface area (Å²) in [5, 5.41) is 3.30. The molecule has 0 aliphatic carbocycles. The number of nitrogens with two attached hydrogens (primary N) is 1. The lowest BCUT2D eigenvalue weighted by Gasteiger charge is -2.10. The highest BCUT2D eigenvalue weighted by Gasteiger charge is 2.04. The number of nitrogens with one attached hydrogen (secondary N) is 1. The van der Waals surface area contributed by atoms with Crippen LogP contribution in [0.4, 0.5) is 5.82 Å². The number of pyridine rings is 1. The second-order valence-corrected chi connectivity index (χ2v) is 5.18. The van der Waals surface area contributed by atoms with Gasteiger partial charge in [0.15, 0.2) is 0 Å². The summed E-state index contributed by atoms with van der Waals surface area (Å²) in [4.78, 5) is 4.82. The molecule has 0 unspecified atom stereocenters. The van der Waals surface area contributed by atoms with Crippen molar-refractivity contribution >= 4 is 23.0 Å². The van der Waals surface area contributed by atoms with Crippen molar-refractivity contribution in [1.29, 1.82) is 0 Å². The summed E-state index contributed by atoms with van der Waals surface area (Å²) in [5.74, 6) is 1.69. The van der Waals surface area contributed by atoms with E-state index in [9.17, 15) is 0 Å². The number of anilines is 1. The standard InChI is InChI=1S/C16H19N3OS/c1-11-9-13(16(17)21)10-15(19-11)18-8-7-12-5-3-4-6-14(12)20-2/h3-6,9-10H,7-8H2,1-2H3,(H2,17,21)(H,18,19). The fourth-order valence-corrected chi connectivity index (χ4v) is 2.25. The average molecular weight is 301 g/mol. The van der Waals surface area contributed by atoms with Gasteiger partial charge in [-0.05, 0) is 37.1 Å². The number of hydrogen-bond donors (Lipinski definition) is 2. The van der Waals surface area contributed by atoms with Crippen LogP contribution < -0.4 is 15.8 Å². The molecule has 0 fully saturated rings. The Labute approximate surface area is 130 Å². The van der Waals surface area contributed by atoms with Gasteiger partial charge in [-0.3, -0.25) is 0 Å². The smallest absolute Gasteiger partial charge is 0.126 e. The van der Waals surface area contributed by atoms with Crippen LogP contribution in [0.15, 0.2) is 36.4 Å². The molecule has 1 heterocycles. The van der Waals surface area contributed by atoms with E-state index < -0.39 is 0 Å². The number of methoxy groups -OCH3 is 1. The molecule has 0 bridgehead atoms. The van der Waals surface area contributed by atoms with Gasteiger partial charge in [0.1, 0.15) is 16.6 Å². The van der Waals surface area contributed by atoms with E-state index in [1.54, 1.807) is 7.11 Å². The number of benzene rings is 1. The van der Waals surface area contributed by atoms with Gasteiger partial charge in [-0.25, -0.2) is 4.98 Å². The molecule has 110 valence electrons. The summed E-state index contributed by atoms with van der Waals surface area (Å²) >= 11 is 5.01. The maximum Gasteiger partial charge on any atom is 0.126 e. The number of ether oxygens (including phenoxy) is 1. The van der Waals surface area contributed by atoms with Crippen LogP contribution >= 0.6 is 12.2 Å². The first-order valence-electron chi connectivity index (χ1n) is 6.74. The first-order valence-corrected chi connectivity index (χ1v) is 7.15. The predicted molar refractivity (Wildman–Crippen MR) is 90.0 cm³/mol. The Bertz CT molecular complexity index is 643. The van der Waals surface area contributed by atoms with E-state index in [1.165, 1.54) is 0 Å². The fourth-order valence-electron chi connectivity index (χ4n) is 2.14. The quantitative estimate of drug-likeness (QED) is 0.803. The second-order valence-electron chi connectivity index (χ2n) is 4.74. The van der Waals surface area contributed by atoms with Gasteiger partial charge < -0.3 is 15.8 Å². The van der Waals surface area contributed by atoms with Gasteiger partial charge in [-0.2, -0.15) is 0 Å². The Hall–Kier alpha value is -2.14. The molecule has 1 aromatic heterocycles. The Morgan fingerprint density at radius 2 is 2.10 bits per heavy atom. The van der Waals surface area contributed by atoms with Crippen molar-refractivity contribution in [2.45, 2.75) is 13.3 Å². The van der Waals surface area contributed by atoms with Gasteiger partial charge in [0.25, 0.3) is 0 Å². The molecule has 21 heavy (non-hydrogen) atoms. The maximum atomic E-state index is 5.67. The first kappa shape index (κ1) is 15.3. The van der Waals surface area contributed by atoms with E-state index in [0.29, 0.717) is 4.99 Å². The van der Waals surface area contributed by atoms with Gasteiger partial charge in [0.05, 0.1) is 7.11 Å². The highest BCUT2D eigenvalue weighted by molar-refractivity contribution is 7.80. The Balaban J connectivity index is 2.02. The minimum Gasteiger partial charge on any atom is -0.496 e. The molecule has 0 saturated carbocycles. The Kier molecular flexibility index (Phi) is 5.11. The van der Waals surface area contributed by atoms with E-state index in [2.05, 4.69) is 16.4 Å². The van der Waals surface area contributed by atoms with Crippen LogP contribution in [0.1, 0.15) is 16.8 Å². The van der Waals surface area contributed by atoms with Gasteiger partial charge in [0, 0.05) is 17.8 Å². The van der Waals surface area contributed by atoms with Gasteiger partial charge >= 0.3 is 0 Å². The molecule has 0 radical (unpaired) electrons. The average Bonchev–Trinajstić information content (AvgIpc) is 2.47. The van der Waals surface area contributed by atoms with E-state index in [0.717, 1.165) is 41.4 Å². The number of aryl methyl sites for hydroxylation is 1. The number of nitrogens with zero attached hydrogens (tertiary/aromatic N) is 1. The third-order valence-corrected chi connectivity index (χ3v) is 3.37. The third kappa shape index (κ3) is 4.16. The van der Waals surface area contributed by atoms with E-state index in [-0.39, 0.29) is 0 Å². The molecule has 0 aliphatic rings. The number of thiocarbonyl (C=S) groups is 1. The van der Waals surface area contributed by atoms with Crippen LogP contribution in [0, 0.1) is 6.92 Å². The van der Waals surface area contributed by atoms with Crippen LogP contribution in [0.2, 0.25) is 0 Å². The molecule has 3 N–H and O–H groups in total. The molecule has 4 nitrogen and oxygen atoms in total. The van der Waals surface area contributed by atoms with Crippen LogP contribution in [-0.4, -0.2) is 23.6 Å². The fraction of sp³-hybridized carbons (Fsp3) is 0.250. The summed E-state index contributed by atoms with van der Waals surface area (Å²) in [6, 6.07) is 11.8. The number of para-hydroxylation sites is 1. The van der Waals surface area contributed by atoms with Crippen LogP contribution in [-0.2, 0) is 6.42 Å². The highest BCUT2D eigenvalue weighted by atomic mass is 32.1. The zero-order valence-electron chi connectivity index (χ0n) is 12.2. The second kappa shape index (κ2) is 7.04. The first-order chi connectivity index (χ1) is 10.1. The molecule has 2 rings (SSSR count). The molecule has 0 amide bonds. The molecule has 0 atom stereocenters. The van der Waals surface area contributed by atoms with Crippen molar-refractivity contribution in [2.75, 3.05) is 19.0 Å². The van der Waals surface area contributed by atoms with Crippen molar-refractivity contribution in [1.82, 2.24) is 4.98 Å². The van der Waals surface area contributed by atoms with Crippen LogP contribution in [0.3, 0.4) is 0 Å². The SMILES string of the molecule is COc1ccccc1CCNc1cc(C(N)=S)cc(C)n1. The monoisotopic (exact) mass is 301 g/mol. The minimum absolute atomic E-state index is 0.383. The summed E-state index contributed by atoms with van der Waals surface area (Å²) in [5.41, 5.74) is 8.55. The summed E-state index contributed by atoms with van der Waals surface area (Å²) in [6.07, 6.45) is 0.849. The third-order valence-electron chi connectivity index (χ3n) is 3.13. The van der Waals surface area contributed by atoms with Crippen molar-refractivity contribution in [3.63, 3.8) is 0 Å². The van der Waals surface area contributed by atoms with E-state index in [1.807, 2.05) is 37.3 Å². The zero-order valence-corrected chi connectivity index (χ0v) is 13.0. The van der Waals surface area contributed by atoms with E-state index >= 15 is 0 Å². The molecule has 2 aromatic rings. The topological polar surface area (TPSA) is 60.2 Å². The largest absolute Gasteiger partial charge is 0.496 e. The zero-order chi connectivity index (χ0) is 15.2. The number of hydrogen-bond acceptors (Lipinski definition) is 4. The van der Waals surface area contributed by atoms with Crippen molar-refractivity contribution in [3.8, 4) is 5.75 Å². The number of rotatable bonds is 6.